The van der Waals surface area contributed by atoms with Gasteiger partial charge < -0.3 is 10.6 Å². The van der Waals surface area contributed by atoms with Crippen LogP contribution in [0.5, 0.6) is 0 Å². The molecule has 24 heavy (non-hydrogen) atoms. The predicted molar refractivity (Wildman–Crippen MR) is 93.5 cm³/mol. The Labute approximate surface area is 148 Å². The molecule has 2 unspecified atom stereocenters. The van der Waals surface area contributed by atoms with E-state index in [0.29, 0.717) is 12.5 Å². The summed E-state index contributed by atoms with van der Waals surface area (Å²) in [4.78, 5) is 12.0. The van der Waals surface area contributed by atoms with E-state index in [9.17, 15) is 17.6 Å². The summed E-state index contributed by atoms with van der Waals surface area (Å²) in [7, 11) is -3.63. The lowest BCUT2D eigenvalue weighted by molar-refractivity contribution is -0.121. The molecule has 1 saturated heterocycles. The minimum absolute atomic E-state index is 0. The molecule has 2 N–H and O–H groups in total. The second kappa shape index (κ2) is 9.34. The number of piperidine rings is 1. The average Bonchev–Trinajstić information content (AvgIpc) is 2.54. The van der Waals surface area contributed by atoms with Crippen LogP contribution >= 0.6 is 12.4 Å². The SMILES string of the molecule is CC(CC(=O)NCC1CCCNC1)S(=O)(=O)c1ccc(F)cc1.Cl. The van der Waals surface area contributed by atoms with Gasteiger partial charge in [-0.3, -0.25) is 4.79 Å². The number of hydrogen-bond acceptors (Lipinski definition) is 4. The lowest BCUT2D eigenvalue weighted by atomic mass is 10.00. The summed E-state index contributed by atoms with van der Waals surface area (Å²) in [6.45, 7) is 3.96. The first-order valence-corrected chi connectivity index (χ1v) is 9.41. The molecule has 136 valence electrons. The summed E-state index contributed by atoms with van der Waals surface area (Å²) in [5.74, 6) is -0.360. The van der Waals surface area contributed by atoms with Crippen molar-refractivity contribution in [2.45, 2.75) is 36.3 Å². The van der Waals surface area contributed by atoms with Crippen LogP contribution in [0.1, 0.15) is 26.2 Å². The van der Waals surface area contributed by atoms with Crippen molar-refractivity contribution in [3.63, 3.8) is 0 Å². The maximum atomic E-state index is 12.9. The van der Waals surface area contributed by atoms with Crippen molar-refractivity contribution >= 4 is 28.2 Å². The molecule has 5 nitrogen and oxygen atoms in total. The normalized spacial score (nSPS) is 19.2. The number of carbonyl (C=O) groups excluding carboxylic acids is 1. The highest BCUT2D eigenvalue weighted by Gasteiger charge is 2.26. The quantitative estimate of drug-likeness (QED) is 0.741. The minimum atomic E-state index is -3.63. The molecular weight excluding hydrogens is 355 g/mol. The van der Waals surface area contributed by atoms with Crippen molar-refractivity contribution in [2.75, 3.05) is 19.6 Å². The predicted octanol–water partition coefficient (Wildman–Crippen LogP) is 1.92. The Morgan fingerprint density at radius 2 is 2.04 bits per heavy atom. The van der Waals surface area contributed by atoms with E-state index >= 15 is 0 Å². The van der Waals surface area contributed by atoms with E-state index in [-0.39, 0.29) is 29.6 Å². The summed E-state index contributed by atoms with van der Waals surface area (Å²) in [5, 5.41) is 5.23. The summed E-state index contributed by atoms with van der Waals surface area (Å²) in [6, 6.07) is 4.67. The van der Waals surface area contributed by atoms with Crippen LogP contribution < -0.4 is 10.6 Å². The number of nitrogens with one attached hydrogen (secondary N) is 2. The van der Waals surface area contributed by atoms with Crippen molar-refractivity contribution in [3.05, 3.63) is 30.1 Å². The highest BCUT2D eigenvalue weighted by Crippen LogP contribution is 2.18. The van der Waals surface area contributed by atoms with Gasteiger partial charge in [-0.25, -0.2) is 12.8 Å². The van der Waals surface area contributed by atoms with Gasteiger partial charge in [0.15, 0.2) is 9.84 Å². The number of hydrogen-bond donors (Lipinski definition) is 2. The number of carbonyl (C=O) groups is 1. The van der Waals surface area contributed by atoms with Gasteiger partial charge in [0.2, 0.25) is 5.91 Å². The van der Waals surface area contributed by atoms with Crippen LogP contribution in [-0.4, -0.2) is 39.2 Å². The largest absolute Gasteiger partial charge is 0.356 e. The van der Waals surface area contributed by atoms with E-state index in [1.165, 1.54) is 19.1 Å². The van der Waals surface area contributed by atoms with Gasteiger partial charge in [0, 0.05) is 13.0 Å². The van der Waals surface area contributed by atoms with Gasteiger partial charge in [0.25, 0.3) is 0 Å². The maximum absolute atomic E-state index is 12.9. The third-order valence-corrected chi connectivity index (χ3v) is 6.29. The fraction of sp³-hybridized carbons (Fsp3) is 0.562. The van der Waals surface area contributed by atoms with E-state index < -0.39 is 20.9 Å². The molecule has 0 bridgehead atoms. The lowest BCUT2D eigenvalue weighted by Gasteiger charge is -2.23. The molecule has 1 fully saturated rings. The summed E-state index contributed by atoms with van der Waals surface area (Å²) >= 11 is 0. The zero-order chi connectivity index (χ0) is 16.9. The van der Waals surface area contributed by atoms with Crippen LogP contribution in [0.3, 0.4) is 0 Å². The molecule has 1 aliphatic heterocycles. The third-order valence-electron chi connectivity index (χ3n) is 4.13. The highest BCUT2D eigenvalue weighted by atomic mass is 35.5. The molecule has 0 aromatic heterocycles. The van der Waals surface area contributed by atoms with Crippen molar-refractivity contribution in [1.82, 2.24) is 10.6 Å². The van der Waals surface area contributed by atoms with Crippen molar-refractivity contribution in [1.29, 1.82) is 0 Å². The standard InChI is InChI=1S/C16H23FN2O3S.ClH/c1-12(23(21,22)15-6-4-14(17)5-7-15)9-16(20)19-11-13-3-2-8-18-10-13;/h4-7,12-13,18H,2-3,8-11H2,1H3,(H,19,20);1H. The maximum Gasteiger partial charge on any atom is 0.221 e. The van der Waals surface area contributed by atoms with Crippen LogP contribution in [-0.2, 0) is 14.6 Å². The number of rotatable bonds is 6. The van der Waals surface area contributed by atoms with Crippen LogP contribution in [0.2, 0.25) is 0 Å². The molecule has 0 saturated carbocycles. The molecule has 2 rings (SSSR count). The topological polar surface area (TPSA) is 75.3 Å². The van der Waals surface area contributed by atoms with E-state index in [4.69, 9.17) is 0 Å². The summed E-state index contributed by atoms with van der Waals surface area (Å²) in [5.41, 5.74) is 0. The Morgan fingerprint density at radius 3 is 2.62 bits per heavy atom. The Hall–Kier alpha value is -1.18. The second-order valence-electron chi connectivity index (χ2n) is 6.03. The Morgan fingerprint density at radius 1 is 1.38 bits per heavy atom. The van der Waals surface area contributed by atoms with Crippen molar-refractivity contribution in [2.24, 2.45) is 5.92 Å². The molecule has 8 heteroatoms. The Bertz CT molecular complexity index is 631. The first kappa shape index (κ1) is 20.9. The number of benzene rings is 1. The molecule has 0 radical (unpaired) electrons. The number of amides is 1. The molecule has 0 spiro atoms. The zero-order valence-corrected chi connectivity index (χ0v) is 15.3. The molecule has 1 aromatic rings. The van der Waals surface area contributed by atoms with Gasteiger partial charge in [0.1, 0.15) is 5.82 Å². The Kier molecular flexibility index (Phi) is 8.12. The lowest BCUT2D eigenvalue weighted by Crippen LogP contribution is -2.39. The zero-order valence-electron chi connectivity index (χ0n) is 13.6. The van der Waals surface area contributed by atoms with Crippen LogP contribution in [0.15, 0.2) is 29.2 Å². The van der Waals surface area contributed by atoms with Gasteiger partial charge in [-0.05, 0) is 63.0 Å². The minimum Gasteiger partial charge on any atom is -0.356 e. The average molecular weight is 379 g/mol. The smallest absolute Gasteiger partial charge is 0.221 e. The van der Waals surface area contributed by atoms with Crippen LogP contribution in [0.4, 0.5) is 4.39 Å². The molecule has 0 aliphatic carbocycles. The third kappa shape index (κ3) is 5.72. The Balaban J connectivity index is 0.00000288. The van der Waals surface area contributed by atoms with Gasteiger partial charge in [-0.2, -0.15) is 0 Å². The number of halogens is 2. The van der Waals surface area contributed by atoms with Gasteiger partial charge in [-0.15, -0.1) is 12.4 Å². The molecular formula is C16H24ClFN2O3S. The molecule has 1 aliphatic rings. The fourth-order valence-electron chi connectivity index (χ4n) is 2.66. The highest BCUT2D eigenvalue weighted by molar-refractivity contribution is 7.92. The van der Waals surface area contributed by atoms with Crippen LogP contribution in [0.25, 0.3) is 0 Å². The van der Waals surface area contributed by atoms with Crippen LogP contribution in [0, 0.1) is 11.7 Å². The fourth-order valence-corrected chi connectivity index (χ4v) is 4.01. The molecule has 2 atom stereocenters. The summed E-state index contributed by atoms with van der Waals surface area (Å²) in [6.07, 6.45) is 2.06. The first-order chi connectivity index (χ1) is 10.9. The van der Waals surface area contributed by atoms with Gasteiger partial charge in [0.05, 0.1) is 10.1 Å². The van der Waals surface area contributed by atoms with Crippen molar-refractivity contribution in [3.8, 4) is 0 Å². The summed E-state index contributed by atoms with van der Waals surface area (Å²) < 4.78 is 37.6. The van der Waals surface area contributed by atoms with E-state index in [0.717, 1.165) is 38.1 Å². The van der Waals surface area contributed by atoms with E-state index in [1.807, 2.05) is 0 Å². The molecule has 1 heterocycles. The van der Waals surface area contributed by atoms with Gasteiger partial charge in [-0.1, -0.05) is 0 Å². The second-order valence-corrected chi connectivity index (χ2v) is 8.40. The first-order valence-electron chi connectivity index (χ1n) is 7.86. The molecule has 1 amide bonds. The number of sulfone groups is 1. The van der Waals surface area contributed by atoms with Gasteiger partial charge >= 0.3 is 0 Å². The monoisotopic (exact) mass is 378 g/mol. The van der Waals surface area contributed by atoms with Crippen molar-refractivity contribution < 1.29 is 17.6 Å². The van der Waals surface area contributed by atoms with E-state index in [2.05, 4.69) is 10.6 Å². The molecule has 1 aromatic carbocycles. The van der Waals surface area contributed by atoms with E-state index in [1.54, 1.807) is 0 Å².